The maximum absolute atomic E-state index is 13.1. The van der Waals surface area contributed by atoms with Crippen LogP contribution in [0.3, 0.4) is 0 Å². The Morgan fingerprint density at radius 1 is 0.895 bits per heavy atom. The number of methoxy groups -OCH3 is 4. The normalized spacial score (nSPS) is 16.6. The fourth-order valence-electron chi connectivity index (χ4n) is 5.68. The second kappa shape index (κ2) is 13.8. The molecule has 1 aliphatic heterocycles. The first-order valence-corrected chi connectivity index (χ1v) is 13.1. The van der Waals surface area contributed by atoms with Gasteiger partial charge in [0.1, 0.15) is 0 Å². The Morgan fingerprint density at radius 3 is 2.03 bits per heavy atom. The molecule has 0 radical (unpaired) electrons. The number of rotatable bonds is 11. The van der Waals surface area contributed by atoms with Crippen molar-refractivity contribution in [2.75, 3.05) is 54.6 Å². The minimum atomic E-state index is 0. The number of fused-ring (bicyclic) bond motifs is 2. The van der Waals surface area contributed by atoms with Gasteiger partial charge in [0.25, 0.3) is 0 Å². The molecule has 0 fully saturated rings. The van der Waals surface area contributed by atoms with Crippen LogP contribution < -0.4 is 18.9 Å². The zero-order valence-corrected chi connectivity index (χ0v) is 23.9. The van der Waals surface area contributed by atoms with E-state index in [0.717, 1.165) is 80.9 Å². The van der Waals surface area contributed by atoms with Crippen LogP contribution in [-0.4, -0.2) is 76.4 Å². The van der Waals surface area contributed by atoms with Crippen LogP contribution in [0.15, 0.2) is 36.9 Å². The fraction of sp³-hybridized carbons (Fsp3) is 0.500. The molecule has 38 heavy (non-hydrogen) atoms. The molecule has 7 nitrogen and oxygen atoms in total. The summed E-state index contributed by atoms with van der Waals surface area (Å²) in [4.78, 5) is 17.6. The monoisotopic (exact) mass is 544 g/mol. The van der Waals surface area contributed by atoms with Gasteiger partial charge in [0, 0.05) is 32.2 Å². The number of amides is 1. The average molecular weight is 545 g/mol. The lowest BCUT2D eigenvalue weighted by Crippen LogP contribution is -2.41. The maximum atomic E-state index is 13.1. The Balaban J connectivity index is 0.00000400. The highest BCUT2D eigenvalue weighted by molar-refractivity contribution is 5.85. The van der Waals surface area contributed by atoms with E-state index >= 15 is 0 Å². The zero-order valence-electron chi connectivity index (χ0n) is 23.1. The molecule has 208 valence electrons. The van der Waals surface area contributed by atoms with Crippen molar-refractivity contribution in [1.82, 2.24) is 9.80 Å². The fourth-order valence-corrected chi connectivity index (χ4v) is 5.68. The Bertz CT molecular complexity index is 1120. The number of benzene rings is 2. The van der Waals surface area contributed by atoms with E-state index in [1.54, 1.807) is 28.4 Å². The number of carbonyl (C=O) groups excluding carboxylic acids is 1. The molecule has 8 heteroatoms. The molecule has 0 saturated carbocycles. The predicted octanol–water partition coefficient (Wildman–Crippen LogP) is 4.51. The quantitative estimate of drug-likeness (QED) is 0.388. The van der Waals surface area contributed by atoms with Gasteiger partial charge in [-0.3, -0.25) is 9.69 Å². The van der Waals surface area contributed by atoms with Gasteiger partial charge in [-0.2, -0.15) is 0 Å². The van der Waals surface area contributed by atoms with Gasteiger partial charge in [-0.1, -0.05) is 6.08 Å². The number of hydrogen-bond acceptors (Lipinski definition) is 6. The summed E-state index contributed by atoms with van der Waals surface area (Å²) >= 11 is 0. The summed E-state index contributed by atoms with van der Waals surface area (Å²) in [5.41, 5.74) is 4.87. The summed E-state index contributed by atoms with van der Waals surface area (Å²) in [7, 11) is 6.64. The molecule has 1 unspecified atom stereocenters. The molecular formula is C30H41ClN2O5. The minimum Gasteiger partial charge on any atom is -0.493 e. The van der Waals surface area contributed by atoms with E-state index in [9.17, 15) is 4.79 Å². The van der Waals surface area contributed by atoms with E-state index < -0.39 is 0 Å². The highest BCUT2D eigenvalue weighted by Crippen LogP contribution is 2.35. The van der Waals surface area contributed by atoms with Crippen LogP contribution in [0.1, 0.15) is 35.1 Å². The van der Waals surface area contributed by atoms with Crippen LogP contribution >= 0.6 is 12.4 Å². The second-order valence-corrected chi connectivity index (χ2v) is 9.79. The summed E-state index contributed by atoms with van der Waals surface area (Å²) in [6, 6.07) is 8.66. The molecule has 0 saturated heterocycles. The summed E-state index contributed by atoms with van der Waals surface area (Å²) in [6.45, 7) is 7.24. The first kappa shape index (κ1) is 29.7. The number of hydrogen-bond donors (Lipinski definition) is 0. The van der Waals surface area contributed by atoms with Crippen molar-refractivity contribution in [3.05, 3.63) is 59.2 Å². The van der Waals surface area contributed by atoms with Gasteiger partial charge in [-0.05, 0) is 78.6 Å². The molecule has 1 amide bonds. The highest BCUT2D eigenvalue weighted by atomic mass is 35.5. The number of carbonyl (C=O) groups is 1. The van der Waals surface area contributed by atoms with Gasteiger partial charge >= 0.3 is 0 Å². The highest BCUT2D eigenvalue weighted by Gasteiger charge is 2.26. The second-order valence-electron chi connectivity index (χ2n) is 9.79. The third-order valence-corrected chi connectivity index (χ3v) is 7.71. The molecule has 0 bridgehead atoms. The smallest absolute Gasteiger partial charge is 0.227 e. The van der Waals surface area contributed by atoms with Crippen molar-refractivity contribution < 1.29 is 23.7 Å². The van der Waals surface area contributed by atoms with Gasteiger partial charge in [0.2, 0.25) is 5.91 Å². The van der Waals surface area contributed by atoms with Crippen molar-refractivity contribution >= 4 is 18.3 Å². The molecule has 4 rings (SSSR count). The van der Waals surface area contributed by atoms with E-state index in [2.05, 4.69) is 23.6 Å². The van der Waals surface area contributed by atoms with E-state index in [1.165, 1.54) is 11.1 Å². The van der Waals surface area contributed by atoms with Gasteiger partial charge < -0.3 is 23.8 Å². The molecule has 0 spiro atoms. The summed E-state index contributed by atoms with van der Waals surface area (Å²) < 4.78 is 21.9. The number of nitrogens with zero attached hydrogens (tertiary/aromatic N) is 2. The first-order chi connectivity index (χ1) is 18.0. The van der Waals surface area contributed by atoms with Gasteiger partial charge in [-0.25, -0.2) is 0 Å². The van der Waals surface area contributed by atoms with Crippen molar-refractivity contribution in [1.29, 1.82) is 0 Å². The molecular weight excluding hydrogens is 504 g/mol. The summed E-state index contributed by atoms with van der Waals surface area (Å²) in [6.07, 6.45) is 7.22. The van der Waals surface area contributed by atoms with E-state index in [1.807, 2.05) is 23.1 Å². The van der Waals surface area contributed by atoms with Crippen LogP contribution in [0, 0.1) is 0 Å². The molecule has 2 aliphatic rings. The Kier molecular flexibility index (Phi) is 10.7. The van der Waals surface area contributed by atoms with Crippen molar-refractivity contribution in [2.24, 2.45) is 0 Å². The Labute approximate surface area is 233 Å². The number of halogens is 1. The van der Waals surface area contributed by atoms with Crippen LogP contribution in [0.5, 0.6) is 23.0 Å². The van der Waals surface area contributed by atoms with Crippen LogP contribution in [-0.2, 0) is 30.5 Å². The topological polar surface area (TPSA) is 60.5 Å². The van der Waals surface area contributed by atoms with Gasteiger partial charge in [-0.15, -0.1) is 19.0 Å². The van der Waals surface area contributed by atoms with E-state index in [0.29, 0.717) is 24.0 Å². The van der Waals surface area contributed by atoms with Crippen LogP contribution in [0.2, 0.25) is 0 Å². The predicted molar refractivity (Wildman–Crippen MR) is 153 cm³/mol. The number of ether oxygens (including phenoxy) is 4. The van der Waals surface area contributed by atoms with Crippen LogP contribution in [0.25, 0.3) is 0 Å². The molecule has 1 aliphatic carbocycles. The first-order valence-electron chi connectivity index (χ1n) is 13.1. The van der Waals surface area contributed by atoms with Crippen molar-refractivity contribution in [2.45, 2.75) is 44.6 Å². The molecule has 0 aromatic heterocycles. The summed E-state index contributed by atoms with van der Waals surface area (Å²) in [5, 5.41) is 0. The lowest BCUT2D eigenvalue weighted by Gasteiger charge is -2.35. The molecule has 0 N–H and O–H groups in total. The van der Waals surface area contributed by atoms with E-state index in [-0.39, 0.29) is 18.3 Å². The summed E-state index contributed by atoms with van der Waals surface area (Å²) in [5.74, 6) is 3.14. The number of aryl methyl sites for hydroxylation is 1. The minimum absolute atomic E-state index is 0. The molecule has 1 heterocycles. The Hall–Kier alpha value is -2.90. The van der Waals surface area contributed by atoms with E-state index in [4.69, 9.17) is 18.9 Å². The third kappa shape index (κ3) is 6.56. The lowest BCUT2D eigenvalue weighted by molar-refractivity contribution is -0.130. The lowest BCUT2D eigenvalue weighted by atomic mass is 9.87. The molecule has 2 aromatic carbocycles. The third-order valence-electron chi connectivity index (χ3n) is 7.71. The van der Waals surface area contributed by atoms with Gasteiger partial charge in [0.15, 0.2) is 23.0 Å². The Morgan fingerprint density at radius 2 is 1.45 bits per heavy atom. The molecule has 1 atom stereocenters. The zero-order chi connectivity index (χ0) is 26.4. The molecule has 2 aromatic rings. The SMILES string of the molecule is C=CCN(CCCN1CCc2cc(OC)c(OC)cc2CC1=O)C1CCc2cc(OC)c(OC)cc2C1.Cl. The standard InChI is InChI=1S/C30H40N2O5.ClH/c1-6-11-31(25-9-8-21-16-26(34-2)28(36-4)18-23(21)15-25)12-7-13-32-14-10-22-17-27(35-3)29(37-5)19-24(22)20-30(32)33;/h6,16-19,25H,1,7-15,20H2,2-5H3;1H. The largest absolute Gasteiger partial charge is 0.493 e. The van der Waals surface area contributed by atoms with Crippen molar-refractivity contribution in [3.8, 4) is 23.0 Å². The average Bonchev–Trinajstić information content (AvgIpc) is 3.07. The maximum Gasteiger partial charge on any atom is 0.227 e. The van der Waals surface area contributed by atoms with Crippen molar-refractivity contribution in [3.63, 3.8) is 0 Å². The van der Waals surface area contributed by atoms with Gasteiger partial charge in [0.05, 0.1) is 34.9 Å². The van der Waals surface area contributed by atoms with Crippen LogP contribution in [0.4, 0.5) is 0 Å².